The minimum absolute atomic E-state index is 0.383. The minimum Gasteiger partial charge on any atom is -0.487 e. The van der Waals surface area contributed by atoms with Crippen LogP contribution in [0.2, 0.25) is 5.02 Å². The van der Waals surface area contributed by atoms with Gasteiger partial charge in [0, 0.05) is 16.7 Å². The number of hydrogen-bond acceptors (Lipinski definition) is 2. The van der Waals surface area contributed by atoms with Crippen LogP contribution in [0.1, 0.15) is 16.7 Å². The Morgan fingerprint density at radius 2 is 2.00 bits per heavy atom. The average molecular weight is 382 g/mol. The first kappa shape index (κ1) is 16.6. The zero-order valence-electron chi connectivity index (χ0n) is 11.8. The number of carboxylic acid groups (broad SMARTS) is 1. The van der Waals surface area contributed by atoms with Gasteiger partial charge >= 0.3 is 5.97 Å². The fraction of sp³-hybridized carbons (Fsp3) is 0.118. The van der Waals surface area contributed by atoms with Gasteiger partial charge in [0.05, 0.1) is 4.47 Å². The number of ether oxygens (including phenoxy) is 1. The summed E-state index contributed by atoms with van der Waals surface area (Å²) >= 11 is 9.40. The molecule has 0 radical (unpaired) electrons. The molecule has 2 aromatic rings. The lowest BCUT2D eigenvalue weighted by atomic mass is 10.1. The van der Waals surface area contributed by atoms with Gasteiger partial charge in [-0.1, -0.05) is 41.4 Å². The van der Waals surface area contributed by atoms with Crippen molar-refractivity contribution in [1.82, 2.24) is 0 Å². The predicted molar refractivity (Wildman–Crippen MR) is 91.3 cm³/mol. The number of rotatable bonds is 5. The van der Waals surface area contributed by atoms with Gasteiger partial charge in [-0.05, 0) is 46.6 Å². The third-order valence-electron chi connectivity index (χ3n) is 2.95. The van der Waals surface area contributed by atoms with E-state index >= 15 is 0 Å². The second kappa shape index (κ2) is 7.47. The van der Waals surface area contributed by atoms with Crippen LogP contribution < -0.4 is 4.74 Å². The van der Waals surface area contributed by atoms with Crippen LogP contribution in [0.5, 0.6) is 5.75 Å². The van der Waals surface area contributed by atoms with Crippen molar-refractivity contribution >= 4 is 39.6 Å². The van der Waals surface area contributed by atoms with Crippen molar-refractivity contribution in [2.24, 2.45) is 0 Å². The molecule has 2 rings (SSSR count). The molecule has 1 N–H and O–H groups in total. The Hall–Kier alpha value is -1.78. The average Bonchev–Trinajstić information content (AvgIpc) is 2.45. The van der Waals surface area contributed by atoms with Crippen molar-refractivity contribution in [1.29, 1.82) is 0 Å². The van der Waals surface area contributed by atoms with Crippen LogP contribution in [0.25, 0.3) is 6.08 Å². The Kier molecular flexibility index (Phi) is 5.63. The van der Waals surface area contributed by atoms with Gasteiger partial charge in [0.15, 0.2) is 0 Å². The molecule has 0 amide bonds. The standard InChI is InChI=1S/C17H14BrClO3/c1-11-2-4-12(5-3-11)10-22-17-13(6-7-16(20)21)8-14(19)9-15(17)18/h2-9H,10H2,1H3,(H,20,21). The molecule has 22 heavy (non-hydrogen) atoms. The molecule has 0 atom stereocenters. The molecule has 0 aliphatic rings. The molecule has 3 nitrogen and oxygen atoms in total. The van der Waals surface area contributed by atoms with E-state index in [2.05, 4.69) is 15.9 Å². The van der Waals surface area contributed by atoms with Crippen molar-refractivity contribution in [2.45, 2.75) is 13.5 Å². The van der Waals surface area contributed by atoms with Gasteiger partial charge < -0.3 is 9.84 Å². The SMILES string of the molecule is Cc1ccc(COc2c(Br)cc(Cl)cc2C=CC(=O)O)cc1. The number of hydrogen-bond donors (Lipinski definition) is 1. The minimum atomic E-state index is -1.03. The van der Waals surface area contributed by atoms with Gasteiger partial charge in [-0.25, -0.2) is 4.79 Å². The maximum Gasteiger partial charge on any atom is 0.328 e. The Morgan fingerprint density at radius 1 is 1.32 bits per heavy atom. The second-order valence-electron chi connectivity index (χ2n) is 4.75. The van der Waals surface area contributed by atoms with Gasteiger partial charge in [-0.15, -0.1) is 0 Å². The summed E-state index contributed by atoms with van der Waals surface area (Å²) in [4.78, 5) is 10.7. The Labute approximate surface area is 142 Å². The summed E-state index contributed by atoms with van der Waals surface area (Å²) in [6, 6.07) is 11.4. The number of aryl methyl sites for hydroxylation is 1. The van der Waals surface area contributed by atoms with Crippen LogP contribution in [0, 0.1) is 6.92 Å². The van der Waals surface area contributed by atoms with E-state index in [1.165, 1.54) is 11.6 Å². The molecule has 5 heteroatoms. The van der Waals surface area contributed by atoms with E-state index in [0.717, 1.165) is 11.6 Å². The summed E-state index contributed by atoms with van der Waals surface area (Å²) in [5.41, 5.74) is 2.82. The van der Waals surface area contributed by atoms with E-state index in [4.69, 9.17) is 21.4 Å². The first-order valence-corrected chi connectivity index (χ1v) is 7.71. The third-order valence-corrected chi connectivity index (χ3v) is 3.75. The number of aliphatic carboxylic acids is 1. The van der Waals surface area contributed by atoms with Crippen LogP contribution in [0.3, 0.4) is 0 Å². The lowest BCUT2D eigenvalue weighted by Crippen LogP contribution is -1.98. The first-order chi connectivity index (χ1) is 10.5. The largest absolute Gasteiger partial charge is 0.487 e. The summed E-state index contributed by atoms with van der Waals surface area (Å²) < 4.78 is 6.51. The van der Waals surface area contributed by atoms with Crippen LogP contribution in [0.4, 0.5) is 0 Å². The molecule has 0 aliphatic heterocycles. The van der Waals surface area contributed by atoms with Crippen molar-refractivity contribution in [3.05, 3.63) is 68.7 Å². The molecule has 0 aromatic heterocycles. The summed E-state index contributed by atoms with van der Waals surface area (Å²) in [7, 11) is 0. The van der Waals surface area contributed by atoms with Crippen molar-refractivity contribution in [3.63, 3.8) is 0 Å². The first-order valence-electron chi connectivity index (χ1n) is 6.54. The van der Waals surface area contributed by atoms with Gasteiger partial charge in [0.1, 0.15) is 12.4 Å². The summed E-state index contributed by atoms with van der Waals surface area (Å²) in [6.07, 6.45) is 2.51. The van der Waals surface area contributed by atoms with E-state index in [1.807, 2.05) is 31.2 Å². The van der Waals surface area contributed by atoms with Gasteiger partial charge in [0.25, 0.3) is 0 Å². The fourth-order valence-electron chi connectivity index (χ4n) is 1.86. The molecule has 2 aromatic carbocycles. The molecule has 0 unspecified atom stereocenters. The number of carbonyl (C=O) groups is 1. The summed E-state index contributed by atoms with van der Waals surface area (Å²) in [5.74, 6) is -0.469. The molecule has 0 heterocycles. The van der Waals surface area contributed by atoms with Gasteiger partial charge in [0.2, 0.25) is 0 Å². The lowest BCUT2D eigenvalue weighted by Gasteiger charge is -2.12. The molecule has 114 valence electrons. The van der Waals surface area contributed by atoms with E-state index < -0.39 is 5.97 Å². The second-order valence-corrected chi connectivity index (χ2v) is 6.04. The zero-order valence-corrected chi connectivity index (χ0v) is 14.2. The molecule has 0 saturated carbocycles. The summed E-state index contributed by atoms with van der Waals surface area (Å²) in [5, 5.41) is 9.27. The van der Waals surface area contributed by atoms with E-state index in [-0.39, 0.29) is 0 Å². The molecule has 0 saturated heterocycles. The van der Waals surface area contributed by atoms with E-state index in [0.29, 0.717) is 27.4 Å². The Bertz CT molecular complexity index is 709. The quantitative estimate of drug-likeness (QED) is 0.734. The molecule has 0 bridgehead atoms. The molecule has 0 aliphatic carbocycles. The smallest absolute Gasteiger partial charge is 0.328 e. The maximum absolute atomic E-state index is 10.7. The number of halogens is 2. The zero-order chi connectivity index (χ0) is 16.1. The van der Waals surface area contributed by atoms with Crippen LogP contribution in [-0.4, -0.2) is 11.1 Å². The fourth-order valence-corrected chi connectivity index (χ4v) is 2.81. The lowest BCUT2D eigenvalue weighted by molar-refractivity contribution is -0.131. The van der Waals surface area contributed by atoms with Crippen LogP contribution in [-0.2, 0) is 11.4 Å². The highest BCUT2D eigenvalue weighted by molar-refractivity contribution is 9.10. The predicted octanol–water partition coefficient (Wildman–Crippen LogP) is 5.09. The molecular formula is C17H14BrClO3. The Balaban J connectivity index is 2.25. The van der Waals surface area contributed by atoms with Crippen molar-refractivity contribution in [3.8, 4) is 5.75 Å². The van der Waals surface area contributed by atoms with Crippen LogP contribution in [0.15, 0.2) is 46.9 Å². The number of carboxylic acids is 1. The van der Waals surface area contributed by atoms with Gasteiger partial charge in [-0.2, -0.15) is 0 Å². The van der Waals surface area contributed by atoms with Crippen LogP contribution >= 0.6 is 27.5 Å². The Morgan fingerprint density at radius 3 is 2.64 bits per heavy atom. The topological polar surface area (TPSA) is 46.5 Å². The highest BCUT2D eigenvalue weighted by atomic mass is 79.9. The molecule has 0 spiro atoms. The van der Waals surface area contributed by atoms with E-state index in [1.54, 1.807) is 12.1 Å². The number of benzene rings is 2. The third kappa shape index (κ3) is 4.61. The summed E-state index contributed by atoms with van der Waals surface area (Å²) in [6.45, 7) is 2.41. The maximum atomic E-state index is 10.7. The van der Waals surface area contributed by atoms with Crippen molar-refractivity contribution < 1.29 is 14.6 Å². The van der Waals surface area contributed by atoms with Crippen molar-refractivity contribution in [2.75, 3.05) is 0 Å². The normalized spacial score (nSPS) is 10.9. The monoisotopic (exact) mass is 380 g/mol. The highest BCUT2D eigenvalue weighted by Crippen LogP contribution is 2.34. The molecule has 0 fully saturated rings. The van der Waals surface area contributed by atoms with Gasteiger partial charge in [-0.3, -0.25) is 0 Å². The van der Waals surface area contributed by atoms with E-state index in [9.17, 15) is 4.79 Å². The molecular weight excluding hydrogens is 368 g/mol. The highest BCUT2D eigenvalue weighted by Gasteiger charge is 2.09.